The molecule has 0 aromatic heterocycles. The van der Waals surface area contributed by atoms with Gasteiger partial charge >= 0.3 is 0 Å². The average molecular weight is 244 g/mol. The lowest BCUT2D eigenvalue weighted by Crippen LogP contribution is -2.39. The van der Waals surface area contributed by atoms with Gasteiger partial charge in [-0.1, -0.05) is 0 Å². The van der Waals surface area contributed by atoms with Gasteiger partial charge in [-0.25, -0.2) is 0 Å². The largest absolute Gasteiger partial charge is 0.378 e. The van der Waals surface area contributed by atoms with E-state index < -0.39 is 0 Å². The van der Waals surface area contributed by atoms with E-state index >= 15 is 0 Å². The summed E-state index contributed by atoms with van der Waals surface area (Å²) in [5.41, 5.74) is 5.67. The lowest BCUT2D eigenvalue weighted by atomic mass is 10.1. The summed E-state index contributed by atoms with van der Waals surface area (Å²) in [4.78, 5) is 2.50. The van der Waals surface area contributed by atoms with Crippen molar-refractivity contribution in [1.29, 1.82) is 0 Å². The highest BCUT2D eigenvalue weighted by Gasteiger charge is 2.19. The first-order valence-electron chi connectivity index (χ1n) is 6.95. The summed E-state index contributed by atoms with van der Waals surface area (Å²) in [6, 6.07) is 0. The molecule has 1 unspecified atom stereocenters. The molecule has 1 aliphatic heterocycles. The van der Waals surface area contributed by atoms with E-state index in [2.05, 4.69) is 11.8 Å². The van der Waals surface area contributed by atoms with Crippen LogP contribution >= 0.6 is 0 Å². The predicted molar refractivity (Wildman–Crippen MR) is 70.2 cm³/mol. The van der Waals surface area contributed by atoms with Crippen molar-refractivity contribution in [2.24, 2.45) is 5.73 Å². The summed E-state index contributed by atoms with van der Waals surface area (Å²) >= 11 is 0. The quantitative estimate of drug-likeness (QED) is 0.698. The maximum absolute atomic E-state index is 5.67. The Balaban J connectivity index is 2.12. The van der Waals surface area contributed by atoms with Crippen LogP contribution in [0, 0.1) is 0 Å². The van der Waals surface area contributed by atoms with Crippen LogP contribution in [0.2, 0.25) is 0 Å². The summed E-state index contributed by atoms with van der Waals surface area (Å²) in [6.45, 7) is 9.71. The fourth-order valence-electron chi connectivity index (χ4n) is 2.37. The second kappa shape index (κ2) is 8.86. The molecule has 2 N–H and O–H groups in total. The van der Waals surface area contributed by atoms with Crippen molar-refractivity contribution in [1.82, 2.24) is 4.90 Å². The molecule has 17 heavy (non-hydrogen) atoms. The Morgan fingerprint density at radius 1 is 1.24 bits per heavy atom. The zero-order valence-electron chi connectivity index (χ0n) is 11.4. The Morgan fingerprint density at radius 2 is 1.94 bits per heavy atom. The SMILES string of the molecule is CCOC(CN)CCN1CCC(OCC)CC1. The first-order valence-corrected chi connectivity index (χ1v) is 6.95. The van der Waals surface area contributed by atoms with Crippen LogP contribution in [0.5, 0.6) is 0 Å². The Hall–Kier alpha value is -0.160. The van der Waals surface area contributed by atoms with Crippen molar-refractivity contribution in [3.8, 4) is 0 Å². The van der Waals surface area contributed by atoms with Gasteiger partial charge in [0.15, 0.2) is 0 Å². The van der Waals surface area contributed by atoms with Crippen molar-refractivity contribution in [2.75, 3.05) is 39.4 Å². The van der Waals surface area contributed by atoms with Crippen LogP contribution < -0.4 is 5.73 Å². The molecule has 0 amide bonds. The van der Waals surface area contributed by atoms with Gasteiger partial charge in [-0.2, -0.15) is 0 Å². The molecule has 1 saturated heterocycles. The van der Waals surface area contributed by atoms with Crippen LogP contribution in [0.1, 0.15) is 33.1 Å². The molecule has 0 aromatic carbocycles. The number of hydrogen-bond donors (Lipinski definition) is 1. The number of rotatable bonds is 8. The smallest absolute Gasteiger partial charge is 0.0709 e. The van der Waals surface area contributed by atoms with Crippen LogP contribution in [0.15, 0.2) is 0 Å². The summed E-state index contributed by atoms with van der Waals surface area (Å²) in [5, 5.41) is 0. The molecule has 0 spiro atoms. The van der Waals surface area contributed by atoms with Crippen LogP contribution in [-0.4, -0.2) is 56.5 Å². The Kier molecular flexibility index (Phi) is 7.77. The second-order valence-electron chi connectivity index (χ2n) is 4.60. The number of ether oxygens (including phenoxy) is 2. The van der Waals surface area contributed by atoms with Gasteiger partial charge in [-0.05, 0) is 33.1 Å². The van der Waals surface area contributed by atoms with Crippen LogP contribution in [0.25, 0.3) is 0 Å². The fraction of sp³-hybridized carbons (Fsp3) is 1.00. The minimum atomic E-state index is 0.226. The number of nitrogens with two attached hydrogens (primary N) is 1. The lowest BCUT2D eigenvalue weighted by molar-refractivity contribution is 0.00700. The molecule has 0 radical (unpaired) electrons. The highest BCUT2D eigenvalue weighted by molar-refractivity contribution is 4.73. The van der Waals surface area contributed by atoms with Gasteiger partial charge in [0, 0.05) is 39.4 Å². The molecule has 1 heterocycles. The fourth-order valence-corrected chi connectivity index (χ4v) is 2.37. The highest BCUT2D eigenvalue weighted by Crippen LogP contribution is 2.14. The van der Waals surface area contributed by atoms with E-state index in [0.29, 0.717) is 12.6 Å². The summed E-state index contributed by atoms with van der Waals surface area (Å²) < 4.78 is 11.2. The number of likely N-dealkylation sites (tertiary alicyclic amines) is 1. The topological polar surface area (TPSA) is 47.7 Å². The minimum absolute atomic E-state index is 0.226. The third-order valence-corrected chi connectivity index (χ3v) is 3.37. The van der Waals surface area contributed by atoms with Crippen LogP contribution in [0.3, 0.4) is 0 Å². The van der Waals surface area contributed by atoms with Gasteiger partial charge in [0.2, 0.25) is 0 Å². The molecule has 4 heteroatoms. The van der Waals surface area contributed by atoms with E-state index in [9.17, 15) is 0 Å². The van der Waals surface area contributed by atoms with E-state index in [-0.39, 0.29) is 6.10 Å². The summed E-state index contributed by atoms with van der Waals surface area (Å²) in [7, 11) is 0. The zero-order valence-corrected chi connectivity index (χ0v) is 11.4. The molecule has 0 bridgehead atoms. The molecule has 0 saturated carbocycles. The zero-order chi connectivity index (χ0) is 12.5. The van der Waals surface area contributed by atoms with Gasteiger partial charge in [-0.15, -0.1) is 0 Å². The third-order valence-electron chi connectivity index (χ3n) is 3.37. The third kappa shape index (κ3) is 5.82. The molecular formula is C13H28N2O2. The van der Waals surface area contributed by atoms with E-state index in [1.807, 2.05) is 6.92 Å². The Labute approximate surface area is 105 Å². The van der Waals surface area contributed by atoms with Gasteiger partial charge in [-0.3, -0.25) is 0 Å². The summed E-state index contributed by atoms with van der Waals surface area (Å²) in [5.74, 6) is 0. The Bertz CT molecular complexity index is 182. The average Bonchev–Trinajstić information content (AvgIpc) is 2.36. The normalized spacial score (nSPS) is 20.6. The molecule has 102 valence electrons. The van der Waals surface area contributed by atoms with Crippen molar-refractivity contribution in [3.05, 3.63) is 0 Å². The molecule has 4 nitrogen and oxygen atoms in total. The maximum atomic E-state index is 5.67. The predicted octanol–water partition coefficient (Wildman–Crippen LogP) is 1.24. The van der Waals surface area contributed by atoms with Gasteiger partial charge < -0.3 is 20.1 Å². The lowest BCUT2D eigenvalue weighted by Gasteiger charge is -2.32. The van der Waals surface area contributed by atoms with Gasteiger partial charge in [0.25, 0.3) is 0 Å². The highest BCUT2D eigenvalue weighted by atomic mass is 16.5. The second-order valence-corrected chi connectivity index (χ2v) is 4.60. The molecule has 1 rings (SSSR count). The van der Waals surface area contributed by atoms with E-state index in [0.717, 1.165) is 52.1 Å². The van der Waals surface area contributed by atoms with Crippen LogP contribution in [0.4, 0.5) is 0 Å². The van der Waals surface area contributed by atoms with Gasteiger partial charge in [0.05, 0.1) is 12.2 Å². The van der Waals surface area contributed by atoms with Gasteiger partial charge in [0.1, 0.15) is 0 Å². The van der Waals surface area contributed by atoms with Crippen molar-refractivity contribution < 1.29 is 9.47 Å². The first kappa shape index (κ1) is 14.9. The van der Waals surface area contributed by atoms with Crippen molar-refractivity contribution in [2.45, 2.75) is 45.3 Å². The molecule has 1 aliphatic rings. The first-order chi connectivity index (χ1) is 8.30. The molecule has 0 aromatic rings. The monoisotopic (exact) mass is 244 g/mol. The minimum Gasteiger partial charge on any atom is -0.378 e. The number of hydrogen-bond acceptors (Lipinski definition) is 4. The Morgan fingerprint density at radius 3 is 2.47 bits per heavy atom. The van der Waals surface area contributed by atoms with E-state index in [1.165, 1.54) is 0 Å². The van der Waals surface area contributed by atoms with E-state index in [1.54, 1.807) is 0 Å². The molecule has 0 aliphatic carbocycles. The van der Waals surface area contributed by atoms with E-state index in [4.69, 9.17) is 15.2 Å². The maximum Gasteiger partial charge on any atom is 0.0709 e. The standard InChI is InChI=1S/C13H28N2O2/c1-3-16-12-5-8-15(9-6-12)10-7-13(11-14)17-4-2/h12-13H,3-11,14H2,1-2H3. The number of piperidine rings is 1. The number of nitrogens with zero attached hydrogens (tertiary/aromatic N) is 1. The summed E-state index contributed by atoms with van der Waals surface area (Å²) in [6.07, 6.45) is 4.08. The van der Waals surface area contributed by atoms with Crippen molar-refractivity contribution >= 4 is 0 Å². The molecular weight excluding hydrogens is 216 g/mol. The van der Waals surface area contributed by atoms with Crippen LogP contribution in [-0.2, 0) is 9.47 Å². The molecule has 1 atom stereocenters. The molecule has 1 fully saturated rings. The van der Waals surface area contributed by atoms with Crippen molar-refractivity contribution in [3.63, 3.8) is 0 Å².